The summed E-state index contributed by atoms with van der Waals surface area (Å²) in [6, 6.07) is 0. The number of nitro groups is 1. The van der Waals surface area contributed by atoms with Crippen molar-refractivity contribution >= 4 is 28.6 Å². The van der Waals surface area contributed by atoms with Crippen LogP contribution in [0, 0.1) is 10.1 Å². The molecule has 0 unspecified atom stereocenters. The van der Waals surface area contributed by atoms with Crippen molar-refractivity contribution in [2.45, 2.75) is 73.1 Å². The van der Waals surface area contributed by atoms with Crippen molar-refractivity contribution in [2.24, 2.45) is 4.99 Å². The smallest absolute Gasteiger partial charge is 0.250 e. The van der Waals surface area contributed by atoms with Gasteiger partial charge in [0.25, 0.3) is 6.54 Å². The molecule has 0 N–H and O–H groups in total. The molecule has 0 aromatic rings. The number of allylic oxidation sites excluding steroid dienone is 7. The van der Waals surface area contributed by atoms with Crippen LogP contribution in [0.3, 0.4) is 0 Å². The molecule has 0 aliphatic rings. The van der Waals surface area contributed by atoms with Gasteiger partial charge in [0, 0.05) is 23.0 Å². The highest BCUT2D eigenvalue weighted by Gasteiger charge is 2.04. The van der Waals surface area contributed by atoms with Crippen LogP contribution in [-0.4, -0.2) is 40.8 Å². The van der Waals surface area contributed by atoms with Crippen molar-refractivity contribution in [1.82, 2.24) is 0 Å². The van der Waals surface area contributed by atoms with Gasteiger partial charge < -0.3 is 0 Å². The summed E-state index contributed by atoms with van der Waals surface area (Å²) in [4.78, 5) is 14.5. The summed E-state index contributed by atoms with van der Waals surface area (Å²) >= 11 is 3.19. The monoisotopic (exact) mass is 466 g/mol. The number of rotatable bonds is 16. The van der Waals surface area contributed by atoms with E-state index >= 15 is 0 Å². The van der Waals surface area contributed by atoms with Crippen LogP contribution < -0.4 is 0 Å². The summed E-state index contributed by atoms with van der Waals surface area (Å²) in [6.07, 6.45) is 18.0. The first-order chi connectivity index (χ1) is 14.7. The van der Waals surface area contributed by atoms with Crippen LogP contribution in [0.1, 0.15) is 73.1 Å². The molecule has 0 aliphatic carbocycles. The largest absolute Gasteiger partial charge is 0.275 e. The fraction of sp³-hybridized carbons (Fsp3) is 0.640. The first-order valence-corrected chi connectivity index (χ1v) is 13.5. The zero-order chi connectivity index (χ0) is 23.5. The van der Waals surface area contributed by atoms with Crippen molar-refractivity contribution in [2.75, 3.05) is 30.9 Å². The molecule has 0 amide bonds. The Morgan fingerprint density at radius 3 is 1.87 bits per heavy atom. The highest BCUT2D eigenvalue weighted by atomic mass is 32.2. The average molecular weight is 467 g/mol. The van der Waals surface area contributed by atoms with Gasteiger partial charge in [0.05, 0.1) is 0 Å². The zero-order valence-corrected chi connectivity index (χ0v) is 22.0. The van der Waals surface area contributed by atoms with Gasteiger partial charge in [-0.05, 0) is 79.4 Å². The van der Waals surface area contributed by atoms with Gasteiger partial charge in [-0.3, -0.25) is 15.1 Å². The molecule has 0 aromatic heterocycles. The summed E-state index contributed by atoms with van der Waals surface area (Å²) in [7, 11) is 0. The molecule has 0 aromatic carbocycles. The first kappa shape index (κ1) is 29.7. The first-order valence-electron chi connectivity index (χ1n) is 11.1. The van der Waals surface area contributed by atoms with Gasteiger partial charge in [0.1, 0.15) is 5.04 Å². The number of nitrogens with zero attached hydrogens (tertiary/aromatic N) is 2. The van der Waals surface area contributed by atoms with E-state index in [-0.39, 0.29) is 11.5 Å². The lowest BCUT2D eigenvalue weighted by atomic mass is 10.0. The van der Waals surface area contributed by atoms with Crippen molar-refractivity contribution in [3.05, 3.63) is 56.7 Å². The SMILES string of the molecule is CSC(C[N+](=O)[O-])=NCCSCC=C(C)CCC=C(C)CCC=C(C)CCC=C(C)C. The number of hydrogen-bond acceptors (Lipinski definition) is 5. The third-order valence-electron chi connectivity index (χ3n) is 4.73. The minimum atomic E-state index is -0.324. The van der Waals surface area contributed by atoms with Crippen molar-refractivity contribution in [1.29, 1.82) is 0 Å². The molecule has 0 spiro atoms. The van der Waals surface area contributed by atoms with Crippen LogP contribution in [0.15, 0.2) is 51.6 Å². The van der Waals surface area contributed by atoms with Crippen molar-refractivity contribution < 1.29 is 4.92 Å². The molecule has 0 aliphatic heterocycles. The van der Waals surface area contributed by atoms with Gasteiger partial charge in [0.2, 0.25) is 0 Å². The molecule has 0 saturated heterocycles. The highest BCUT2D eigenvalue weighted by Crippen LogP contribution is 2.14. The van der Waals surface area contributed by atoms with Gasteiger partial charge in [-0.2, -0.15) is 11.8 Å². The Labute approximate surface area is 199 Å². The van der Waals surface area contributed by atoms with E-state index < -0.39 is 0 Å². The molecule has 6 heteroatoms. The number of hydrogen-bond donors (Lipinski definition) is 0. The van der Waals surface area contributed by atoms with E-state index in [1.54, 1.807) is 0 Å². The topological polar surface area (TPSA) is 55.5 Å². The van der Waals surface area contributed by atoms with Crippen LogP contribution in [0.5, 0.6) is 0 Å². The molecule has 0 rings (SSSR count). The Balaban J connectivity index is 4.01. The van der Waals surface area contributed by atoms with Gasteiger partial charge in [-0.1, -0.05) is 46.6 Å². The van der Waals surface area contributed by atoms with Crippen LogP contribution in [-0.2, 0) is 0 Å². The second-order valence-corrected chi connectivity index (χ2v) is 10.1. The average Bonchev–Trinajstić information content (AvgIpc) is 2.69. The normalized spacial score (nSPS) is 13.5. The van der Waals surface area contributed by atoms with Gasteiger partial charge in [-0.15, -0.1) is 11.8 Å². The van der Waals surface area contributed by atoms with E-state index in [0.717, 1.165) is 43.6 Å². The van der Waals surface area contributed by atoms with E-state index in [0.29, 0.717) is 11.6 Å². The van der Waals surface area contributed by atoms with E-state index in [4.69, 9.17) is 0 Å². The van der Waals surface area contributed by atoms with Crippen LogP contribution in [0.2, 0.25) is 0 Å². The zero-order valence-electron chi connectivity index (χ0n) is 20.4. The standard InChI is InChI=1S/C25H42N2O2S2/c1-21(2)10-7-11-22(3)12-8-13-23(4)14-9-15-24(5)16-18-31-19-17-26-25(30-6)20-27(28)29/h10,12,14,16H,7-9,11,13,15,17-20H2,1-6H3. The number of aliphatic imine (C=N–C) groups is 1. The Hall–Kier alpha value is -1.27. The molecule has 0 fully saturated rings. The molecule has 0 bridgehead atoms. The lowest BCUT2D eigenvalue weighted by Gasteiger charge is -2.03. The minimum Gasteiger partial charge on any atom is -0.275 e. The lowest BCUT2D eigenvalue weighted by molar-refractivity contribution is -0.462. The maximum Gasteiger partial charge on any atom is 0.250 e. The van der Waals surface area contributed by atoms with Gasteiger partial charge in [0.15, 0.2) is 0 Å². The van der Waals surface area contributed by atoms with Gasteiger partial charge in [-0.25, -0.2) is 0 Å². The maximum absolute atomic E-state index is 10.5. The summed E-state index contributed by atoms with van der Waals surface area (Å²) in [6.45, 7) is 11.5. The molecule has 0 saturated carbocycles. The molecular weight excluding hydrogens is 424 g/mol. The molecule has 0 atom stereocenters. The summed E-state index contributed by atoms with van der Waals surface area (Å²) in [5.74, 6) is 1.87. The van der Waals surface area contributed by atoms with Gasteiger partial charge >= 0.3 is 0 Å². The van der Waals surface area contributed by atoms with Crippen molar-refractivity contribution in [3.63, 3.8) is 0 Å². The van der Waals surface area contributed by atoms with E-state index in [1.807, 2.05) is 18.0 Å². The molecule has 0 radical (unpaired) electrons. The molecule has 176 valence electrons. The fourth-order valence-electron chi connectivity index (χ4n) is 2.80. The molecular formula is C25H42N2O2S2. The Bertz CT molecular complexity index is 673. The van der Waals surface area contributed by atoms with Crippen LogP contribution >= 0.6 is 23.5 Å². The summed E-state index contributed by atoms with van der Waals surface area (Å²) in [5, 5.41) is 11.1. The van der Waals surface area contributed by atoms with Crippen LogP contribution in [0.25, 0.3) is 0 Å². The second kappa shape index (κ2) is 19.4. The van der Waals surface area contributed by atoms with E-state index in [1.165, 1.54) is 40.5 Å². The van der Waals surface area contributed by atoms with E-state index in [9.17, 15) is 10.1 Å². The Morgan fingerprint density at radius 1 is 0.871 bits per heavy atom. The number of thioether (sulfide) groups is 2. The van der Waals surface area contributed by atoms with E-state index in [2.05, 4.69) is 63.9 Å². The highest BCUT2D eigenvalue weighted by molar-refractivity contribution is 8.13. The Kier molecular flexibility index (Phi) is 18.6. The Morgan fingerprint density at radius 2 is 1.39 bits per heavy atom. The molecule has 31 heavy (non-hydrogen) atoms. The van der Waals surface area contributed by atoms with Crippen molar-refractivity contribution in [3.8, 4) is 0 Å². The predicted octanol–water partition coefficient (Wildman–Crippen LogP) is 7.90. The predicted molar refractivity (Wildman–Crippen MR) is 143 cm³/mol. The van der Waals surface area contributed by atoms with Crippen LogP contribution in [0.4, 0.5) is 0 Å². The lowest BCUT2D eigenvalue weighted by Crippen LogP contribution is -2.11. The molecule has 4 nitrogen and oxygen atoms in total. The summed E-state index contributed by atoms with van der Waals surface area (Å²) < 4.78 is 0. The third kappa shape index (κ3) is 20.4. The second-order valence-electron chi connectivity index (χ2n) is 8.09. The third-order valence-corrected chi connectivity index (χ3v) is 6.33. The molecule has 0 heterocycles. The summed E-state index contributed by atoms with van der Waals surface area (Å²) in [5.41, 5.74) is 5.80. The maximum atomic E-state index is 10.5. The fourth-order valence-corrected chi connectivity index (χ4v) is 4.04. The minimum absolute atomic E-state index is 0.163. The quantitative estimate of drug-likeness (QED) is 0.0579.